The van der Waals surface area contributed by atoms with E-state index < -0.39 is 0 Å². The lowest BCUT2D eigenvalue weighted by molar-refractivity contribution is -0.113. The molecule has 1 unspecified atom stereocenters. The summed E-state index contributed by atoms with van der Waals surface area (Å²) in [4.78, 5) is 12.0. The van der Waals surface area contributed by atoms with E-state index >= 15 is 0 Å². The summed E-state index contributed by atoms with van der Waals surface area (Å²) in [6.07, 6.45) is 4.08. The summed E-state index contributed by atoms with van der Waals surface area (Å²) in [5.74, 6) is 2.14. The highest BCUT2D eigenvalue weighted by molar-refractivity contribution is 7.99. The van der Waals surface area contributed by atoms with Gasteiger partial charge in [-0.1, -0.05) is 11.8 Å². The van der Waals surface area contributed by atoms with Crippen LogP contribution in [-0.4, -0.2) is 49.3 Å². The van der Waals surface area contributed by atoms with Crippen LogP contribution in [0.2, 0.25) is 0 Å². The maximum Gasteiger partial charge on any atom is 0.236 e. The number of carbonyl (C=O) groups is 1. The van der Waals surface area contributed by atoms with Crippen LogP contribution in [0.5, 0.6) is 0 Å². The molecule has 1 fully saturated rings. The monoisotopic (exact) mass is 335 g/mol. The summed E-state index contributed by atoms with van der Waals surface area (Å²) in [7, 11) is 3.77. The molecule has 0 spiro atoms. The maximum absolute atomic E-state index is 12.0. The molecule has 2 aromatic rings. The van der Waals surface area contributed by atoms with Crippen molar-refractivity contribution in [3.63, 3.8) is 0 Å². The number of aryl methyl sites for hydroxylation is 1. The Bertz CT molecular complexity index is 674. The minimum absolute atomic E-state index is 0.0995. The van der Waals surface area contributed by atoms with E-state index in [-0.39, 0.29) is 11.7 Å². The molecule has 9 heteroatoms. The van der Waals surface area contributed by atoms with Gasteiger partial charge >= 0.3 is 0 Å². The molecule has 1 aliphatic heterocycles. The molecule has 23 heavy (non-hydrogen) atoms. The summed E-state index contributed by atoms with van der Waals surface area (Å²) in [6.45, 7) is 2.01. The van der Waals surface area contributed by atoms with Crippen molar-refractivity contribution >= 4 is 23.5 Å². The van der Waals surface area contributed by atoms with E-state index in [1.54, 1.807) is 16.9 Å². The van der Waals surface area contributed by atoms with Crippen LogP contribution in [0, 0.1) is 0 Å². The van der Waals surface area contributed by atoms with Crippen LogP contribution >= 0.6 is 11.8 Å². The molecule has 0 saturated carbocycles. The average Bonchev–Trinajstić information content (AvgIpc) is 3.12. The number of nitrogens with one attached hydrogen (secondary N) is 2. The average molecular weight is 335 g/mol. The number of rotatable bonds is 5. The minimum atomic E-state index is -0.0995. The van der Waals surface area contributed by atoms with E-state index in [0.717, 1.165) is 36.9 Å². The molecule has 2 aromatic heterocycles. The van der Waals surface area contributed by atoms with Gasteiger partial charge in [0, 0.05) is 38.8 Å². The van der Waals surface area contributed by atoms with E-state index in [9.17, 15) is 4.79 Å². The van der Waals surface area contributed by atoms with Crippen LogP contribution in [-0.2, 0) is 18.9 Å². The number of aromatic nitrogens is 5. The number of thioether (sulfide) groups is 1. The predicted molar refractivity (Wildman–Crippen MR) is 88.4 cm³/mol. The Kier molecular flexibility index (Phi) is 4.97. The molecule has 1 amide bonds. The predicted octanol–water partition coefficient (Wildman–Crippen LogP) is 0.746. The van der Waals surface area contributed by atoms with Crippen molar-refractivity contribution in [2.24, 2.45) is 14.1 Å². The Labute approximate surface area is 139 Å². The number of amides is 1. The second kappa shape index (κ2) is 7.14. The molecule has 0 radical (unpaired) electrons. The number of hydrogen-bond acceptors (Lipinski definition) is 6. The van der Waals surface area contributed by atoms with Gasteiger partial charge in [-0.15, -0.1) is 10.2 Å². The van der Waals surface area contributed by atoms with Crippen LogP contribution in [0.4, 0.5) is 5.82 Å². The zero-order valence-corrected chi connectivity index (χ0v) is 14.1. The number of anilines is 1. The highest BCUT2D eigenvalue weighted by atomic mass is 32.2. The van der Waals surface area contributed by atoms with Crippen molar-refractivity contribution in [2.75, 3.05) is 24.2 Å². The summed E-state index contributed by atoms with van der Waals surface area (Å²) in [5, 5.41) is 19.6. The lowest BCUT2D eigenvalue weighted by atomic mass is 9.99. The fourth-order valence-corrected chi connectivity index (χ4v) is 3.39. The molecule has 0 aliphatic carbocycles. The standard InChI is InChI=1S/C14H21N7OS/c1-20-7-5-11(19-20)16-12(22)9-23-14-18-17-13(21(14)2)10-4-3-6-15-8-10/h5,7,10,15H,3-4,6,8-9H2,1-2H3,(H,16,19,22). The van der Waals surface area contributed by atoms with Gasteiger partial charge in [0.15, 0.2) is 11.0 Å². The zero-order chi connectivity index (χ0) is 16.2. The third kappa shape index (κ3) is 3.91. The first-order valence-corrected chi connectivity index (χ1v) is 8.64. The fraction of sp³-hybridized carbons (Fsp3) is 0.571. The van der Waals surface area contributed by atoms with Crippen molar-refractivity contribution in [1.82, 2.24) is 29.9 Å². The second-order valence-electron chi connectivity index (χ2n) is 5.65. The van der Waals surface area contributed by atoms with Gasteiger partial charge in [0.1, 0.15) is 5.82 Å². The Morgan fingerprint density at radius 2 is 2.35 bits per heavy atom. The normalized spacial score (nSPS) is 18.1. The van der Waals surface area contributed by atoms with Crippen LogP contribution in [0.15, 0.2) is 17.4 Å². The highest BCUT2D eigenvalue weighted by Gasteiger charge is 2.22. The largest absolute Gasteiger partial charge is 0.316 e. The Morgan fingerprint density at radius 1 is 1.48 bits per heavy atom. The summed E-state index contributed by atoms with van der Waals surface area (Å²) >= 11 is 1.39. The summed E-state index contributed by atoms with van der Waals surface area (Å²) in [5.41, 5.74) is 0. The molecule has 3 rings (SSSR count). The van der Waals surface area contributed by atoms with Crippen molar-refractivity contribution in [2.45, 2.75) is 23.9 Å². The molecule has 1 aliphatic rings. The number of hydrogen-bond donors (Lipinski definition) is 2. The van der Waals surface area contributed by atoms with Gasteiger partial charge in [-0.25, -0.2) is 0 Å². The number of piperidine rings is 1. The Hall–Kier alpha value is -1.87. The van der Waals surface area contributed by atoms with Gasteiger partial charge in [0.05, 0.1) is 5.75 Å². The molecule has 124 valence electrons. The Balaban J connectivity index is 1.55. The smallest absolute Gasteiger partial charge is 0.236 e. The fourth-order valence-electron chi connectivity index (χ4n) is 2.67. The highest BCUT2D eigenvalue weighted by Crippen LogP contribution is 2.24. The maximum atomic E-state index is 12.0. The molecule has 8 nitrogen and oxygen atoms in total. The van der Waals surface area contributed by atoms with E-state index in [0.29, 0.717) is 11.7 Å². The van der Waals surface area contributed by atoms with E-state index in [1.807, 2.05) is 18.7 Å². The second-order valence-corrected chi connectivity index (χ2v) is 6.60. The molecular weight excluding hydrogens is 314 g/mol. The molecule has 0 aromatic carbocycles. The topological polar surface area (TPSA) is 89.7 Å². The van der Waals surface area contributed by atoms with Crippen molar-refractivity contribution in [3.8, 4) is 0 Å². The molecule has 1 atom stereocenters. The lowest BCUT2D eigenvalue weighted by Gasteiger charge is -2.21. The van der Waals surface area contributed by atoms with Gasteiger partial charge < -0.3 is 15.2 Å². The Morgan fingerprint density at radius 3 is 3.04 bits per heavy atom. The van der Waals surface area contributed by atoms with Gasteiger partial charge in [-0.05, 0) is 19.4 Å². The van der Waals surface area contributed by atoms with E-state index in [4.69, 9.17) is 0 Å². The number of nitrogens with zero attached hydrogens (tertiary/aromatic N) is 5. The quantitative estimate of drug-likeness (QED) is 0.784. The van der Waals surface area contributed by atoms with Gasteiger partial charge in [-0.3, -0.25) is 9.48 Å². The van der Waals surface area contributed by atoms with Crippen LogP contribution < -0.4 is 10.6 Å². The summed E-state index contributed by atoms with van der Waals surface area (Å²) in [6, 6.07) is 1.76. The van der Waals surface area contributed by atoms with Crippen molar-refractivity contribution < 1.29 is 4.79 Å². The molecular formula is C14H21N7OS. The third-order valence-corrected chi connectivity index (χ3v) is 4.86. The first-order valence-electron chi connectivity index (χ1n) is 7.66. The molecule has 0 bridgehead atoms. The first kappa shape index (κ1) is 16.0. The molecule has 3 heterocycles. The van der Waals surface area contributed by atoms with Gasteiger partial charge in [0.25, 0.3) is 0 Å². The lowest BCUT2D eigenvalue weighted by Crippen LogP contribution is -2.29. The van der Waals surface area contributed by atoms with Crippen LogP contribution in [0.3, 0.4) is 0 Å². The SMILES string of the molecule is Cn1ccc(NC(=O)CSc2nnc(C3CCCNC3)n2C)n1. The summed E-state index contributed by atoms with van der Waals surface area (Å²) < 4.78 is 3.65. The van der Waals surface area contributed by atoms with Crippen LogP contribution in [0.25, 0.3) is 0 Å². The molecule has 1 saturated heterocycles. The van der Waals surface area contributed by atoms with Gasteiger partial charge in [-0.2, -0.15) is 5.10 Å². The third-order valence-electron chi connectivity index (χ3n) is 3.84. The van der Waals surface area contributed by atoms with Crippen molar-refractivity contribution in [1.29, 1.82) is 0 Å². The minimum Gasteiger partial charge on any atom is -0.316 e. The van der Waals surface area contributed by atoms with Crippen LogP contribution in [0.1, 0.15) is 24.6 Å². The molecule has 2 N–H and O–H groups in total. The zero-order valence-electron chi connectivity index (χ0n) is 13.3. The van der Waals surface area contributed by atoms with Gasteiger partial charge in [0.2, 0.25) is 5.91 Å². The number of carbonyl (C=O) groups excluding carboxylic acids is 1. The van der Waals surface area contributed by atoms with Crippen molar-refractivity contribution in [3.05, 3.63) is 18.1 Å². The first-order chi connectivity index (χ1) is 11.1. The van der Waals surface area contributed by atoms with E-state index in [1.165, 1.54) is 11.8 Å². The van der Waals surface area contributed by atoms with E-state index in [2.05, 4.69) is 25.9 Å².